The first-order chi connectivity index (χ1) is 15.1. The summed E-state index contributed by atoms with van der Waals surface area (Å²) in [6, 6.07) is 19.2. The van der Waals surface area contributed by atoms with Crippen molar-refractivity contribution in [3.63, 3.8) is 0 Å². The SMILES string of the molecule is O=C(CSCC(=O)Nc1ccccc1F)Nc1ccc(-c2cn3ccccc3n2)cc1. The number of hydrogen-bond donors (Lipinski definition) is 2. The fourth-order valence-electron chi connectivity index (χ4n) is 2.98. The van der Waals surface area contributed by atoms with Gasteiger partial charge in [-0.2, -0.15) is 0 Å². The number of amides is 2. The molecule has 6 nitrogen and oxygen atoms in total. The van der Waals surface area contributed by atoms with Crippen LogP contribution in [0.4, 0.5) is 15.8 Å². The molecule has 2 aromatic heterocycles. The minimum Gasteiger partial charge on any atom is -0.325 e. The number of anilines is 2. The van der Waals surface area contributed by atoms with Crippen molar-refractivity contribution in [2.24, 2.45) is 0 Å². The van der Waals surface area contributed by atoms with Gasteiger partial charge in [0.1, 0.15) is 11.5 Å². The predicted octanol–water partition coefficient (Wildman–Crippen LogP) is 4.45. The van der Waals surface area contributed by atoms with Gasteiger partial charge < -0.3 is 15.0 Å². The lowest BCUT2D eigenvalue weighted by atomic mass is 10.1. The molecule has 0 saturated carbocycles. The number of nitrogens with one attached hydrogen (secondary N) is 2. The van der Waals surface area contributed by atoms with Gasteiger partial charge in [-0.05, 0) is 36.4 Å². The number of carbonyl (C=O) groups is 2. The molecule has 0 saturated heterocycles. The molecule has 0 bridgehead atoms. The summed E-state index contributed by atoms with van der Waals surface area (Å²) in [4.78, 5) is 28.6. The van der Waals surface area contributed by atoms with Crippen LogP contribution < -0.4 is 10.6 Å². The number of fused-ring (bicyclic) bond motifs is 1. The van der Waals surface area contributed by atoms with Crippen LogP contribution in [0.25, 0.3) is 16.9 Å². The lowest BCUT2D eigenvalue weighted by Gasteiger charge is -2.07. The second kappa shape index (κ2) is 9.44. The van der Waals surface area contributed by atoms with E-state index in [0.29, 0.717) is 5.69 Å². The molecule has 0 radical (unpaired) electrons. The summed E-state index contributed by atoms with van der Waals surface area (Å²) in [6.45, 7) is 0. The molecule has 0 spiro atoms. The Labute approximate surface area is 182 Å². The van der Waals surface area contributed by atoms with Gasteiger partial charge in [0, 0.05) is 23.6 Å². The van der Waals surface area contributed by atoms with Gasteiger partial charge in [0.05, 0.1) is 22.9 Å². The van der Waals surface area contributed by atoms with E-state index in [1.807, 2.05) is 59.3 Å². The second-order valence-electron chi connectivity index (χ2n) is 6.74. The number of nitrogens with zero attached hydrogens (tertiary/aromatic N) is 2. The highest BCUT2D eigenvalue weighted by Gasteiger charge is 2.09. The lowest BCUT2D eigenvalue weighted by Crippen LogP contribution is -2.18. The number of rotatable bonds is 7. The Morgan fingerprint density at radius 2 is 1.61 bits per heavy atom. The summed E-state index contributed by atoms with van der Waals surface area (Å²) >= 11 is 1.16. The van der Waals surface area contributed by atoms with E-state index in [1.54, 1.807) is 12.1 Å². The smallest absolute Gasteiger partial charge is 0.234 e. The minimum absolute atomic E-state index is 0.0502. The van der Waals surface area contributed by atoms with Crippen molar-refractivity contribution in [3.05, 3.63) is 84.9 Å². The molecule has 31 heavy (non-hydrogen) atoms. The third kappa shape index (κ3) is 5.29. The minimum atomic E-state index is -0.495. The number of aromatic nitrogens is 2. The fraction of sp³-hybridized carbons (Fsp3) is 0.0870. The zero-order valence-electron chi connectivity index (χ0n) is 16.4. The molecule has 0 aliphatic rings. The van der Waals surface area contributed by atoms with E-state index >= 15 is 0 Å². The quantitative estimate of drug-likeness (QED) is 0.451. The van der Waals surface area contributed by atoms with Crippen molar-refractivity contribution in [3.8, 4) is 11.3 Å². The first kappa shape index (κ1) is 20.6. The molecule has 0 aliphatic carbocycles. The van der Waals surface area contributed by atoms with Crippen molar-refractivity contribution in [2.45, 2.75) is 0 Å². The Morgan fingerprint density at radius 3 is 2.35 bits per heavy atom. The Balaban J connectivity index is 1.26. The lowest BCUT2D eigenvalue weighted by molar-refractivity contribution is -0.114. The van der Waals surface area contributed by atoms with Crippen LogP contribution in [0.5, 0.6) is 0 Å². The maximum atomic E-state index is 13.5. The third-order valence-corrected chi connectivity index (χ3v) is 5.38. The molecule has 4 rings (SSSR count). The Morgan fingerprint density at radius 1 is 0.903 bits per heavy atom. The van der Waals surface area contributed by atoms with Gasteiger partial charge in [0.15, 0.2) is 0 Å². The monoisotopic (exact) mass is 434 g/mol. The van der Waals surface area contributed by atoms with E-state index in [0.717, 1.165) is 28.7 Å². The number of halogens is 1. The topological polar surface area (TPSA) is 75.5 Å². The number of para-hydroxylation sites is 1. The van der Waals surface area contributed by atoms with Crippen molar-refractivity contribution in [1.82, 2.24) is 9.38 Å². The van der Waals surface area contributed by atoms with Gasteiger partial charge >= 0.3 is 0 Å². The Hall–Kier alpha value is -3.65. The van der Waals surface area contributed by atoms with Crippen molar-refractivity contribution in [2.75, 3.05) is 22.1 Å². The largest absolute Gasteiger partial charge is 0.325 e. The summed E-state index contributed by atoms with van der Waals surface area (Å²) in [5, 5.41) is 5.29. The Bertz CT molecular complexity index is 1190. The third-order valence-electron chi connectivity index (χ3n) is 4.44. The van der Waals surface area contributed by atoms with Crippen LogP contribution in [0.1, 0.15) is 0 Å². The Kier molecular flexibility index (Phi) is 6.28. The molecular formula is C23H19FN4O2S. The second-order valence-corrected chi connectivity index (χ2v) is 7.72. The average molecular weight is 434 g/mol. The van der Waals surface area contributed by atoms with E-state index in [1.165, 1.54) is 12.1 Å². The zero-order chi connectivity index (χ0) is 21.6. The summed E-state index contributed by atoms with van der Waals surface area (Å²) in [5.74, 6) is -0.914. The normalized spacial score (nSPS) is 10.7. The molecule has 0 unspecified atom stereocenters. The summed E-state index contributed by atoms with van der Waals surface area (Å²) in [6.07, 6.45) is 3.89. The van der Waals surface area contributed by atoms with Crippen LogP contribution in [0.2, 0.25) is 0 Å². The first-order valence-electron chi connectivity index (χ1n) is 9.54. The van der Waals surface area contributed by atoms with Crippen molar-refractivity contribution in [1.29, 1.82) is 0 Å². The van der Waals surface area contributed by atoms with E-state index in [9.17, 15) is 14.0 Å². The van der Waals surface area contributed by atoms with Crippen LogP contribution >= 0.6 is 11.8 Å². The molecule has 0 atom stereocenters. The highest BCUT2D eigenvalue weighted by Crippen LogP contribution is 2.21. The summed E-state index contributed by atoms with van der Waals surface area (Å²) in [5.41, 5.74) is 3.45. The van der Waals surface area contributed by atoms with Crippen molar-refractivity contribution >= 4 is 40.6 Å². The van der Waals surface area contributed by atoms with E-state index < -0.39 is 5.82 Å². The molecule has 156 valence electrons. The van der Waals surface area contributed by atoms with Gasteiger partial charge in [-0.25, -0.2) is 9.37 Å². The predicted molar refractivity (Wildman–Crippen MR) is 122 cm³/mol. The van der Waals surface area contributed by atoms with Gasteiger partial charge in [-0.15, -0.1) is 11.8 Å². The number of hydrogen-bond acceptors (Lipinski definition) is 4. The zero-order valence-corrected chi connectivity index (χ0v) is 17.2. The molecule has 2 N–H and O–H groups in total. The molecule has 0 aliphatic heterocycles. The number of benzene rings is 2. The van der Waals surface area contributed by atoms with Gasteiger partial charge in [-0.1, -0.05) is 30.3 Å². The van der Waals surface area contributed by atoms with E-state index in [2.05, 4.69) is 15.6 Å². The summed E-state index contributed by atoms with van der Waals surface area (Å²) < 4.78 is 15.5. The summed E-state index contributed by atoms with van der Waals surface area (Å²) in [7, 11) is 0. The van der Waals surface area contributed by atoms with Gasteiger partial charge in [0.2, 0.25) is 11.8 Å². The van der Waals surface area contributed by atoms with Crippen LogP contribution in [0, 0.1) is 5.82 Å². The first-order valence-corrected chi connectivity index (χ1v) is 10.7. The van der Waals surface area contributed by atoms with E-state index in [4.69, 9.17) is 0 Å². The maximum absolute atomic E-state index is 13.5. The maximum Gasteiger partial charge on any atom is 0.234 e. The van der Waals surface area contributed by atoms with Gasteiger partial charge in [-0.3, -0.25) is 9.59 Å². The number of pyridine rings is 1. The average Bonchev–Trinajstić information content (AvgIpc) is 3.20. The fourth-order valence-corrected chi connectivity index (χ4v) is 3.60. The van der Waals surface area contributed by atoms with Crippen LogP contribution in [-0.2, 0) is 9.59 Å². The molecule has 8 heteroatoms. The van der Waals surface area contributed by atoms with Gasteiger partial charge in [0.25, 0.3) is 0 Å². The van der Waals surface area contributed by atoms with E-state index in [-0.39, 0.29) is 29.0 Å². The molecule has 4 aromatic rings. The number of thioether (sulfide) groups is 1. The molecule has 2 heterocycles. The van der Waals surface area contributed by atoms with Crippen LogP contribution in [0.15, 0.2) is 79.1 Å². The highest BCUT2D eigenvalue weighted by atomic mass is 32.2. The van der Waals surface area contributed by atoms with Crippen LogP contribution in [-0.4, -0.2) is 32.7 Å². The number of carbonyl (C=O) groups excluding carboxylic acids is 2. The van der Waals surface area contributed by atoms with Crippen molar-refractivity contribution < 1.29 is 14.0 Å². The number of imidazole rings is 1. The molecule has 2 aromatic carbocycles. The standard InChI is InChI=1S/C23H19FN4O2S/c24-18-5-1-2-6-19(18)27-23(30)15-31-14-22(29)25-17-10-8-16(9-11-17)20-13-28-12-4-3-7-21(28)26-20/h1-13H,14-15H2,(H,25,29)(H,27,30). The van der Waals surface area contributed by atoms with Crippen LogP contribution in [0.3, 0.4) is 0 Å². The molecule has 0 fully saturated rings. The molecular weight excluding hydrogens is 415 g/mol. The molecule has 2 amide bonds. The highest BCUT2D eigenvalue weighted by molar-refractivity contribution is 8.00.